The van der Waals surface area contributed by atoms with Crippen LogP contribution in [0, 0.1) is 0 Å². The van der Waals surface area contributed by atoms with Crippen LogP contribution in [0.5, 0.6) is 5.75 Å². The lowest BCUT2D eigenvalue weighted by Gasteiger charge is -2.16. The van der Waals surface area contributed by atoms with Crippen LogP contribution in [0.2, 0.25) is 5.02 Å². The van der Waals surface area contributed by atoms with E-state index in [1.165, 1.54) is 0 Å². The molecule has 1 unspecified atom stereocenters. The summed E-state index contributed by atoms with van der Waals surface area (Å²) in [6.07, 6.45) is 1.75. The molecule has 2 N–H and O–H groups in total. The maximum Gasteiger partial charge on any atom is 0.122 e. The molecule has 0 saturated carbocycles. The van der Waals surface area contributed by atoms with Crippen LogP contribution in [-0.2, 0) is 6.42 Å². The summed E-state index contributed by atoms with van der Waals surface area (Å²) in [7, 11) is 5.76. The molecule has 3 nitrogen and oxygen atoms in total. The maximum atomic E-state index is 6.10. The summed E-state index contributed by atoms with van der Waals surface area (Å²) in [5.74, 6) is 0.856. The predicted octanol–water partition coefficient (Wildman–Crippen LogP) is 2.17. The molecule has 0 aliphatic carbocycles. The van der Waals surface area contributed by atoms with Crippen molar-refractivity contribution in [3.8, 4) is 5.75 Å². The summed E-state index contributed by atoms with van der Waals surface area (Å²) in [5.41, 5.74) is 7.18. The van der Waals surface area contributed by atoms with E-state index in [-0.39, 0.29) is 6.04 Å². The highest BCUT2D eigenvalue weighted by Gasteiger charge is 2.09. The van der Waals surface area contributed by atoms with Crippen molar-refractivity contribution >= 4 is 11.6 Å². The molecule has 1 aromatic carbocycles. The van der Waals surface area contributed by atoms with E-state index in [4.69, 9.17) is 22.1 Å². The van der Waals surface area contributed by atoms with E-state index < -0.39 is 0 Å². The summed E-state index contributed by atoms with van der Waals surface area (Å²) in [6, 6.07) is 5.77. The van der Waals surface area contributed by atoms with Crippen molar-refractivity contribution in [2.24, 2.45) is 5.73 Å². The first kappa shape index (κ1) is 14.3. The molecule has 1 atom stereocenters. The average Bonchev–Trinajstić information content (AvgIpc) is 2.27. The first-order chi connectivity index (χ1) is 8.02. The van der Waals surface area contributed by atoms with Gasteiger partial charge in [-0.3, -0.25) is 0 Å². The summed E-state index contributed by atoms with van der Waals surface area (Å²) >= 11 is 5.98. The first-order valence-corrected chi connectivity index (χ1v) is 6.13. The fourth-order valence-corrected chi connectivity index (χ4v) is 1.91. The highest BCUT2D eigenvalue weighted by Crippen LogP contribution is 2.23. The van der Waals surface area contributed by atoms with Crippen LogP contribution in [0.4, 0.5) is 0 Å². The molecule has 0 heterocycles. The van der Waals surface area contributed by atoms with Gasteiger partial charge in [0.15, 0.2) is 0 Å². The number of hydrogen-bond acceptors (Lipinski definition) is 3. The standard InChI is InChI=1S/C13H21ClN2O/c1-16(2)7-6-12(15)9-10-8-11(14)4-5-13(10)17-3/h4-5,8,12H,6-7,9,15H2,1-3H3. The van der Waals surface area contributed by atoms with Crippen LogP contribution in [0.1, 0.15) is 12.0 Å². The van der Waals surface area contributed by atoms with E-state index in [0.29, 0.717) is 0 Å². The molecule has 0 amide bonds. The van der Waals surface area contributed by atoms with Crippen molar-refractivity contribution < 1.29 is 4.74 Å². The minimum atomic E-state index is 0.129. The zero-order valence-corrected chi connectivity index (χ0v) is 11.5. The molecule has 0 spiro atoms. The zero-order valence-electron chi connectivity index (χ0n) is 10.7. The predicted molar refractivity (Wildman–Crippen MR) is 72.9 cm³/mol. The van der Waals surface area contributed by atoms with Crippen LogP contribution in [0.3, 0.4) is 0 Å². The average molecular weight is 257 g/mol. The highest BCUT2D eigenvalue weighted by atomic mass is 35.5. The third-order valence-electron chi connectivity index (χ3n) is 2.67. The second kappa shape index (κ2) is 6.84. The summed E-state index contributed by atoms with van der Waals surface area (Å²) in [5, 5.41) is 0.723. The Bertz CT molecular complexity index is 355. The Morgan fingerprint density at radius 2 is 2.12 bits per heavy atom. The van der Waals surface area contributed by atoms with Gasteiger partial charge in [0.2, 0.25) is 0 Å². The molecule has 0 aliphatic heterocycles. The van der Waals surface area contributed by atoms with Crippen LogP contribution < -0.4 is 10.5 Å². The highest BCUT2D eigenvalue weighted by molar-refractivity contribution is 6.30. The molecule has 17 heavy (non-hydrogen) atoms. The molecule has 0 saturated heterocycles. The van der Waals surface area contributed by atoms with Crippen molar-refractivity contribution in [3.63, 3.8) is 0 Å². The fraction of sp³-hybridized carbons (Fsp3) is 0.538. The lowest BCUT2D eigenvalue weighted by molar-refractivity contribution is 0.375. The number of methoxy groups -OCH3 is 1. The number of hydrogen-bond donors (Lipinski definition) is 1. The minimum Gasteiger partial charge on any atom is -0.496 e. The normalized spacial score (nSPS) is 12.8. The molecule has 0 bridgehead atoms. The lowest BCUT2D eigenvalue weighted by Crippen LogP contribution is -2.28. The van der Waals surface area contributed by atoms with Gasteiger partial charge >= 0.3 is 0 Å². The molecular formula is C13H21ClN2O. The van der Waals surface area contributed by atoms with E-state index in [9.17, 15) is 0 Å². The van der Waals surface area contributed by atoms with Crippen molar-refractivity contribution in [3.05, 3.63) is 28.8 Å². The van der Waals surface area contributed by atoms with Gasteiger partial charge in [-0.05, 0) is 57.2 Å². The van der Waals surface area contributed by atoms with Gasteiger partial charge in [-0.1, -0.05) is 11.6 Å². The van der Waals surface area contributed by atoms with E-state index in [1.54, 1.807) is 7.11 Å². The summed E-state index contributed by atoms with van der Waals surface area (Å²) < 4.78 is 5.30. The van der Waals surface area contributed by atoms with Crippen molar-refractivity contribution in [1.82, 2.24) is 4.90 Å². The molecule has 0 fully saturated rings. The van der Waals surface area contributed by atoms with Gasteiger partial charge in [0.1, 0.15) is 5.75 Å². The van der Waals surface area contributed by atoms with Gasteiger partial charge in [-0.2, -0.15) is 0 Å². The molecular weight excluding hydrogens is 236 g/mol. The van der Waals surface area contributed by atoms with Crippen LogP contribution >= 0.6 is 11.6 Å². The Kier molecular flexibility index (Phi) is 5.75. The second-order valence-electron chi connectivity index (χ2n) is 4.51. The SMILES string of the molecule is COc1ccc(Cl)cc1CC(N)CCN(C)C. The van der Waals surface area contributed by atoms with Gasteiger partial charge in [0, 0.05) is 11.1 Å². The molecule has 96 valence electrons. The van der Waals surface area contributed by atoms with Gasteiger partial charge < -0.3 is 15.4 Å². The Balaban J connectivity index is 2.63. The quantitative estimate of drug-likeness (QED) is 0.848. The summed E-state index contributed by atoms with van der Waals surface area (Å²) in [4.78, 5) is 2.13. The molecule has 1 rings (SSSR count). The second-order valence-corrected chi connectivity index (χ2v) is 4.95. The lowest BCUT2D eigenvalue weighted by atomic mass is 10.0. The van der Waals surface area contributed by atoms with Crippen LogP contribution in [-0.4, -0.2) is 38.7 Å². The third kappa shape index (κ3) is 4.94. The number of ether oxygens (including phenoxy) is 1. The number of benzene rings is 1. The molecule has 0 aliphatic rings. The van der Waals surface area contributed by atoms with Crippen LogP contribution in [0.15, 0.2) is 18.2 Å². The topological polar surface area (TPSA) is 38.5 Å². The summed E-state index contributed by atoms with van der Waals surface area (Å²) in [6.45, 7) is 0.990. The van der Waals surface area contributed by atoms with Crippen molar-refractivity contribution in [2.45, 2.75) is 18.9 Å². The molecule has 0 aromatic heterocycles. The van der Waals surface area contributed by atoms with E-state index in [0.717, 1.165) is 35.7 Å². The first-order valence-electron chi connectivity index (χ1n) is 5.75. The molecule has 4 heteroatoms. The minimum absolute atomic E-state index is 0.129. The fourth-order valence-electron chi connectivity index (χ4n) is 1.72. The van der Waals surface area contributed by atoms with Gasteiger partial charge in [0.05, 0.1) is 7.11 Å². The van der Waals surface area contributed by atoms with E-state index in [2.05, 4.69) is 4.90 Å². The molecule has 1 aromatic rings. The van der Waals surface area contributed by atoms with E-state index >= 15 is 0 Å². The number of nitrogens with two attached hydrogens (primary N) is 1. The zero-order chi connectivity index (χ0) is 12.8. The smallest absolute Gasteiger partial charge is 0.122 e. The van der Waals surface area contributed by atoms with Crippen molar-refractivity contribution in [1.29, 1.82) is 0 Å². The third-order valence-corrected chi connectivity index (χ3v) is 2.91. The maximum absolute atomic E-state index is 6.10. The van der Waals surface area contributed by atoms with Crippen LogP contribution in [0.25, 0.3) is 0 Å². The largest absolute Gasteiger partial charge is 0.496 e. The van der Waals surface area contributed by atoms with Crippen molar-refractivity contribution in [2.75, 3.05) is 27.7 Å². The van der Waals surface area contributed by atoms with Gasteiger partial charge in [-0.15, -0.1) is 0 Å². The number of halogens is 1. The van der Waals surface area contributed by atoms with E-state index in [1.807, 2.05) is 32.3 Å². The van der Waals surface area contributed by atoms with Gasteiger partial charge in [0.25, 0.3) is 0 Å². The Morgan fingerprint density at radius 3 is 2.71 bits per heavy atom. The number of nitrogens with zero attached hydrogens (tertiary/aromatic N) is 1. The van der Waals surface area contributed by atoms with Gasteiger partial charge in [-0.25, -0.2) is 0 Å². The monoisotopic (exact) mass is 256 g/mol. The Hall–Kier alpha value is -0.770. The Morgan fingerprint density at radius 1 is 1.41 bits per heavy atom. The number of rotatable bonds is 6. The molecule has 0 radical (unpaired) electrons. The Labute approximate surface area is 109 Å².